The second-order valence-electron chi connectivity index (χ2n) is 6.15. The van der Waals surface area contributed by atoms with E-state index >= 15 is 0 Å². The highest BCUT2D eigenvalue weighted by molar-refractivity contribution is 5.10. The van der Waals surface area contributed by atoms with Crippen LogP contribution >= 0.6 is 0 Å². The van der Waals surface area contributed by atoms with E-state index in [9.17, 15) is 0 Å². The molecular formula is C15H28N4. The highest BCUT2D eigenvalue weighted by Gasteiger charge is 2.28. The molecular weight excluding hydrogens is 236 g/mol. The second kappa shape index (κ2) is 6.06. The summed E-state index contributed by atoms with van der Waals surface area (Å²) in [5, 5.41) is 8.15. The summed E-state index contributed by atoms with van der Waals surface area (Å²) in [4.78, 5) is 2.61. The van der Waals surface area contributed by atoms with E-state index < -0.39 is 0 Å². The lowest BCUT2D eigenvalue weighted by Gasteiger charge is -2.41. The quantitative estimate of drug-likeness (QED) is 0.900. The summed E-state index contributed by atoms with van der Waals surface area (Å²) < 4.78 is 2.04. The van der Waals surface area contributed by atoms with Gasteiger partial charge < -0.3 is 5.32 Å². The molecule has 0 amide bonds. The molecule has 0 bridgehead atoms. The van der Waals surface area contributed by atoms with Gasteiger partial charge in [-0.05, 0) is 25.3 Å². The third kappa shape index (κ3) is 3.37. The van der Waals surface area contributed by atoms with Crippen LogP contribution < -0.4 is 5.32 Å². The zero-order valence-electron chi connectivity index (χ0n) is 13.0. The van der Waals surface area contributed by atoms with Crippen molar-refractivity contribution in [2.45, 2.75) is 52.7 Å². The van der Waals surface area contributed by atoms with Gasteiger partial charge in [0.05, 0.1) is 11.4 Å². The molecule has 1 fully saturated rings. The molecule has 0 spiro atoms. The maximum atomic E-state index is 4.56. The third-order valence-corrected chi connectivity index (χ3v) is 4.18. The van der Waals surface area contributed by atoms with E-state index in [-0.39, 0.29) is 0 Å². The molecule has 1 N–H and O–H groups in total. The van der Waals surface area contributed by atoms with E-state index in [1.165, 1.54) is 11.4 Å². The highest BCUT2D eigenvalue weighted by Crippen LogP contribution is 2.18. The van der Waals surface area contributed by atoms with Gasteiger partial charge in [-0.15, -0.1) is 0 Å². The van der Waals surface area contributed by atoms with Crippen molar-refractivity contribution in [2.75, 3.05) is 13.1 Å². The Morgan fingerprint density at radius 2 is 2.21 bits per heavy atom. The van der Waals surface area contributed by atoms with Crippen LogP contribution in [0.3, 0.4) is 0 Å². The molecule has 1 aliphatic heterocycles. The topological polar surface area (TPSA) is 33.1 Å². The largest absolute Gasteiger partial charge is 0.311 e. The predicted molar refractivity (Wildman–Crippen MR) is 79.1 cm³/mol. The molecule has 0 aliphatic carbocycles. The van der Waals surface area contributed by atoms with E-state index in [1.807, 2.05) is 4.68 Å². The zero-order valence-corrected chi connectivity index (χ0v) is 13.0. The van der Waals surface area contributed by atoms with Crippen molar-refractivity contribution in [1.29, 1.82) is 0 Å². The Labute approximate surface area is 117 Å². The molecule has 4 heteroatoms. The normalized spacial score (nSPS) is 25.2. The Balaban J connectivity index is 2.11. The van der Waals surface area contributed by atoms with Gasteiger partial charge in [0.2, 0.25) is 0 Å². The number of aryl methyl sites for hydroxylation is 2. The molecule has 1 aromatic heterocycles. The maximum Gasteiger partial charge on any atom is 0.0625 e. The summed E-state index contributed by atoms with van der Waals surface area (Å²) in [7, 11) is 2.06. The lowest BCUT2D eigenvalue weighted by molar-refractivity contribution is 0.0930. The average Bonchev–Trinajstić information content (AvgIpc) is 2.70. The summed E-state index contributed by atoms with van der Waals surface area (Å²) in [6, 6.07) is 3.45. The van der Waals surface area contributed by atoms with Crippen LogP contribution in [-0.2, 0) is 20.0 Å². The van der Waals surface area contributed by atoms with Gasteiger partial charge in [0.1, 0.15) is 0 Å². The number of rotatable bonds is 4. The molecule has 1 saturated heterocycles. The molecule has 1 aromatic rings. The van der Waals surface area contributed by atoms with Crippen LogP contribution in [0.5, 0.6) is 0 Å². The van der Waals surface area contributed by atoms with Gasteiger partial charge in [-0.3, -0.25) is 9.58 Å². The molecule has 108 valence electrons. The zero-order chi connectivity index (χ0) is 14.0. The predicted octanol–water partition coefficient (Wildman–Crippen LogP) is 1.80. The molecule has 2 atom stereocenters. The average molecular weight is 264 g/mol. The third-order valence-electron chi connectivity index (χ3n) is 4.18. The number of piperazine rings is 1. The monoisotopic (exact) mass is 264 g/mol. The molecule has 4 nitrogen and oxygen atoms in total. The van der Waals surface area contributed by atoms with Gasteiger partial charge in [0.15, 0.2) is 0 Å². The standard InChI is InChI=1S/C15H28N4/c1-6-13-7-14(18(5)17-13)10-19-9-12(4)16-8-15(19)11(2)3/h7,11-12,15-16H,6,8-10H2,1-5H3. The SMILES string of the molecule is CCc1cc(CN2CC(C)NCC2C(C)C)n(C)n1. The van der Waals surface area contributed by atoms with Crippen molar-refractivity contribution in [2.24, 2.45) is 13.0 Å². The van der Waals surface area contributed by atoms with Crippen LogP contribution in [0, 0.1) is 5.92 Å². The summed E-state index contributed by atoms with van der Waals surface area (Å²) in [6.07, 6.45) is 1.01. The van der Waals surface area contributed by atoms with Crippen LogP contribution in [0.25, 0.3) is 0 Å². The number of nitrogens with zero attached hydrogens (tertiary/aromatic N) is 3. The van der Waals surface area contributed by atoms with Crippen molar-refractivity contribution in [3.8, 4) is 0 Å². The minimum atomic E-state index is 0.578. The van der Waals surface area contributed by atoms with E-state index in [4.69, 9.17) is 0 Å². The summed E-state index contributed by atoms with van der Waals surface area (Å²) >= 11 is 0. The number of aromatic nitrogens is 2. The minimum Gasteiger partial charge on any atom is -0.311 e. The number of nitrogens with one attached hydrogen (secondary N) is 1. The molecule has 19 heavy (non-hydrogen) atoms. The van der Waals surface area contributed by atoms with Gasteiger partial charge in [0.25, 0.3) is 0 Å². The molecule has 0 radical (unpaired) electrons. The fraction of sp³-hybridized carbons (Fsp3) is 0.800. The molecule has 0 saturated carbocycles. The molecule has 2 rings (SSSR count). The second-order valence-corrected chi connectivity index (χ2v) is 6.15. The van der Waals surface area contributed by atoms with E-state index in [2.05, 4.69) is 56.1 Å². The van der Waals surface area contributed by atoms with E-state index in [1.54, 1.807) is 0 Å². The first-order chi connectivity index (χ1) is 9.01. The molecule has 2 heterocycles. The lowest BCUT2D eigenvalue weighted by Crippen LogP contribution is -2.56. The van der Waals surface area contributed by atoms with Gasteiger partial charge in [-0.25, -0.2) is 0 Å². The smallest absolute Gasteiger partial charge is 0.0625 e. The van der Waals surface area contributed by atoms with Crippen molar-refractivity contribution < 1.29 is 0 Å². The van der Waals surface area contributed by atoms with E-state index in [0.29, 0.717) is 18.0 Å². The Morgan fingerprint density at radius 1 is 1.47 bits per heavy atom. The first-order valence-electron chi connectivity index (χ1n) is 7.50. The first kappa shape index (κ1) is 14.5. The summed E-state index contributed by atoms with van der Waals surface area (Å²) in [5.41, 5.74) is 2.53. The van der Waals surface area contributed by atoms with Crippen molar-refractivity contribution in [3.63, 3.8) is 0 Å². The lowest BCUT2D eigenvalue weighted by atomic mass is 9.98. The van der Waals surface area contributed by atoms with Crippen LogP contribution in [0.4, 0.5) is 0 Å². The van der Waals surface area contributed by atoms with Crippen LogP contribution in [0.15, 0.2) is 6.07 Å². The number of hydrogen-bond donors (Lipinski definition) is 1. The van der Waals surface area contributed by atoms with Gasteiger partial charge in [0, 0.05) is 38.8 Å². The van der Waals surface area contributed by atoms with Gasteiger partial charge in [-0.2, -0.15) is 5.10 Å². The van der Waals surface area contributed by atoms with Crippen LogP contribution in [0.1, 0.15) is 39.1 Å². The minimum absolute atomic E-state index is 0.578. The summed E-state index contributed by atoms with van der Waals surface area (Å²) in [5.74, 6) is 0.680. The Kier molecular flexibility index (Phi) is 4.63. The fourth-order valence-corrected chi connectivity index (χ4v) is 2.94. The molecule has 0 aromatic carbocycles. The number of hydrogen-bond acceptors (Lipinski definition) is 3. The first-order valence-corrected chi connectivity index (χ1v) is 7.50. The summed E-state index contributed by atoms with van der Waals surface area (Å²) in [6.45, 7) is 12.3. The Hall–Kier alpha value is -0.870. The van der Waals surface area contributed by atoms with Gasteiger partial charge >= 0.3 is 0 Å². The van der Waals surface area contributed by atoms with Crippen LogP contribution in [0.2, 0.25) is 0 Å². The van der Waals surface area contributed by atoms with E-state index in [0.717, 1.165) is 26.1 Å². The van der Waals surface area contributed by atoms with Crippen LogP contribution in [-0.4, -0.2) is 39.9 Å². The molecule has 1 aliphatic rings. The van der Waals surface area contributed by atoms with Gasteiger partial charge in [-0.1, -0.05) is 20.8 Å². The highest BCUT2D eigenvalue weighted by atomic mass is 15.3. The Bertz CT molecular complexity index is 410. The Morgan fingerprint density at radius 3 is 2.79 bits per heavy atom. The molecule has 2 unspecified atom stereocenters. The van der Waals surface area contributed by atoms with Crippen molar-refractivity contribution in [3.05, 3.63) is 17.5 Å². The fourth-order valence-electron chi connectivity index (χ4n) is 2.94. The maximum absolute atomic E-state index is 4.56. The van der Waals surface area contributed by atoms with Crippen molar-refractivity contribution >= 4 is 0 Å². The van der Waals surface area contributed by atoms with Crippen molar-refractivity contribution in [1.82, 2.24) is 20.0 Å².